The molecule has 0 fully saturated rings. The van der Waals surface area contributed by atoms with Crippen molar-refractivity contribution < 1.29 is 13.2 Å². The van der Waals surface area contributed by atoms with Gasteiger partial charge in [0.25, 0.3) is 0 Å². The third kappa shape index (κ3) is 3.84. The quantitative estimate of drug-likeness (QED) is 0.734. The summed E-state index contributed by atoms with van der Waals surface area (Å²) in [6, 6.07) is 1.94. The Morgan fingerprint density at radius 2 is 2.28 bits per heavy atom. The summed E-state index contributed by atoms with van der Waals surface area (Å²) in [7, 11) is -3.35. The Labute approximate surface area is 106 Å². The van der Waals surface area contributed by atoms with Crippen molar-refractivity contribution in [3.8, 4) is 12.3 Å². The predicted octanol–water partition coefficient (Wildman–Crippen LogP) is -0.226. The first-order valence-corrected chi connectivity index (χ1v) is 6.89. The van der Waals surface area contributed by atoms with Crippen molar-refractivity contribution in [3.05, 3.63) is 18.3 Å². The molecule has 0 spiro atoms. The standard InChI is InChI=1S/C11H13N3O3S/c1-3-4-9(12)11(15)14-8-5-6-10(13-7-8)18(2,16)17/h1,5-7,9H,4,12H2,2H3,(H,14,15). The first-order chi connectivity index (χ1) is 8.34. The third-order valence-electron chi connectivity index (χ3n) is 2.06. The van der Waals surface area contributed by atoms with Gasteiger partial charge in [-0.05, 0) is 12.1 Å². The summed E-state index contributed by atoms with van der Waals surface area (Å²) < 4.78 is 22.3. The smallest absolute Gasteiger partial charge is 0.242 e. The highest BCUT2D eigenvalue weighted by Crippen LogP contribution is 2.10. The molecule has 0 aliphatic heterocycles. The van der Waals surface area contributed by atoms with Gasteiger partial charge in [-0.2, -0.15) is 0 Å². The number of hydrogen-bond donors (Lipinski definition) is 2. The molecule has 0 aromatic carbocycles. The molecule has 1 rings (SSSR count). The Morgan fingerprint density at radius 3 is 2.72 bits per heavy atom. The molecule has 0 aliphatic rings. The van der Waals surface area contributed by atoms with Crippen LogP contribution in [0.15, 0.2) is 23.4 Å². The second kappa shape index (κ2) is 5.62. The van der Waals surface area contributed by atoms with Gasteiger partial charge in [0.15, 0.2) is 14.9 Å². The molecular formula is C11H13N3O3S. The van der Waals surface area contributed by atoms with Crippen LogP contribution < -0.4 is 11.1 Å². The van der Waals surface area contributed by atoms with Crippen LogP contribution in [0.4, 0.5) is 5.69 Å². The van der Waals surface area contributed by atoms with Gasteiger partial charge in [-0.25, -0.2) is 13.4 Å². The number of nitrogens with one attached hydrogen (secondary N) is 1. The highest BCUT2D eigenvalue weighted by molar-refractivity contribution is 7.90. The van der Waals surface area contributed by atoms with Crippen LogP contribution in [0.3, 0.4) is 0 Å². The largest absolute Gasteiger partial charge is 0.323 e. The topological polar surface area (TPSA) is 102 Å². The summed E-state index contributed by atoms with van der Waals surface area (Å²) in [5, 5.41) is 2.43. The molecule has 0 saturated heterocycles. The number of terminal acetylenes is 1. The van der Waals surface area contributed by atoms with Crippen LogP contribution in [-0.2, 0) is 14.6 Å². The average molecular weight is 267 g/mol. The van der Waals surface area contributed by atoms with Gasteiger partial charge < -0.3 is 11.1 Å². The number of rotatable bonds is 4. The van der Waals surface area contributed by atoms with Crippen molar-refractivity contribution in [2.75, 3.05) is 11.6 Å². The van der Waals surface area contributed by atoms with E-state index in [1.54, 1.807) is 0 Å². The number of nitrogens with zero attached hydrogens (tertiary/aromatic N) is 1. The predicted molar refractivity (Wildman–Crippen MR) is 67.4 cm³/mol. The Hall–Kier alpha value is -1.91. The molecule has 1 atom stereocenters. The number of anilines is 1. The van der Waals surface area contributed by atoms with Gasteiger partial charge in [-0.15, -0.1) is 12.3 Å². The van der Waals surface area contributed by atoms with Crippen molar-refractivity contribution in [1.82, 2.24) is 4.98 Å². The normalized spacial score (nSPS) is 12.5. The minimum absolute atomic E-state index is 0.0616. The summed E-state index contributed by atoms with van der Waals surface area (Å²) in [6.07, 6.45) is 7.46. The maximum absolute atomic E-state index is 11.5. The van der Waals surface area contributed by atoms with E-state index >= 15 is 0 Å². The number of amides is 1. The lowest BCUT2D eigenvalue weighted by Crippen LogP contribution is -2.35. The molecule has 0 radical (unpaired) electrons. The van der Waals surface area contributed by atoms with E-state index in [2.05, 4.69) is 16.2 Å². The Balaban J connectivity index is 2.77. The Morgan fingerprint density at radius 1 is 1.61 bits per heavy atom. The molecular weight excluding hydrogens is 254 g/mol. The monoisotopic (exact) mass is 267 g/mol. The molecule has 1 amide bonds. The molecule has 18 heavy (non-hydrogen) atoms. The van der Waals surface area contributed by atoms with Crippen LogP contribution in [0.2, 0.25) is 0 Å². The number of nitrogens with two attached hydrogens (primary N) is 1. The van der Waals surface area contributed by atoms with Gasteiger partial charge in [0.1, 0.15) is 0 Å². The van der Waals surface area contributed by atoms with E-state index in [-0.39, 0.29) is 11.4 Å². The lowest BCUT2D eigenvalue weighted by Gasteiger charge is -2.09. The SMILES string of the molecule is C#CCC(N)C(=O)Nc1ccc(S(C)(=O)=O)nc1. The fourth-order valence-electron chi connectivity index (χ4n) is 1.13. The lowest BCUT2D eigenvalue weighted by atomic mass is 10.2. The van der Waals surface area contributed by atoms with E-state index in [4.69, 9.17) is 12.2 Å². The highest BCUT2D eigenvalue weighted by Gasteiger charge is 2.13. The molecule has 1 unspecified atom stereocenters. The molecule has 3 N–H and O–H groups in total. The molecule has 1 heterocycles. The van der Waals surface area contributed by atoms with Gasteiger partial charge in [0.2, 0.25) is 5.91 Å². The lowest BCUT2D eigenvalue weighted by molar-refractivity contribution is -0.117. The molecule has 0 aliphatic carbocycles. The van der Waals surface area contributed by atoms with Gasteiger partial charge in [0, 0.05) is 12.7 Å². The van der Waals surface area contributed by atoms with Crippen LogP contribution in [0.1, 0.15) is 6.42 Å². The summed E-state index contributed by atoms with van der Waals surface area (Å²) in [5.41, 5.74) is 5.86. The van der Waals surface area contributed by atoms with Crippen LogP contribution in [-0.4, -0.2) is 31.6 Å². The van der Waals surface area contributed by atoms with E-state index in [0.29, 0.717) is 5.69 Å². The summed E-state index contributed by atoms with van der Waals surface area (Å²) in [5.74, 6) is 1.84. The molecule has 6 nitrogen and oxygen atoms in total. The van der Waals surface area contributed by atoms with Crippen molar-refractivity contribution in [2.24, 2.45) is 5.73 Å². The molecule has 0 bridgehead atoms. The summed E-state index contributed by atoms with van der Waals surface area (Å²) in [6.45, 7) is 0. The minimum atomic E-state index is -3.35. The van der Waals surface area contributed by atoms with E-state index in [0.717, 1.165) is 6.26 Å². The van der Waals surface area contributed by atoms with Crippen molar-refractivity contribution in [1.29, 1.82) is 0 Å². The number of sulfone groups is 1. The van der Waals surface area contributed by atoms with Crippen LogP contribution in [0.25, 0.3) is 0 Å². The van der Waals surface area contributed by atoms with Crippen LogP contribution >= 0.6 is 0 Å². The second-order valence-corrected chi connectivity index (χ2v) is 5.62. The molecule has 1 aromatic heterocycles. The summed E-state index contributed by atoms with van der Waals surface area (Å²) in [4.78, 5) is 15.2. The maximum atomic E-state index is 11.5. The molecule has 96 valence electrons. The van der Waals surface area contributed by atoms with E-state index in [1.807, 2.05) is 0 Å². The number of pyridine rings is 1. The van der Waals surface area contributed by atoms with E-state index in [9.17, 15) is 13.2 Å². The fourth-order valence-corrected chi connectivity index (χ4v) is 1.69. The van der Waals surface area contributed by atoms with Gasteiger partial charge >= 0.3 is 0 Å². The molecule has 7 heteroatoms. The zero-order chi connectivity index (χ0) is 13.8. The van der Waals surface area contributed by atoms with Crippen molar-refractivity contribution in [2.45, 2.75) is 17.5 Å². The first kappa shape index (κ1) is 14.2. The zero-order valence-corrected chi connectivity index (χ0v) is 10.6. The molecule has 0 saturated carbocycles. The van der Waals surface area contributed by atoms with E-state index in [1.165, 1.54) is 18.3 Å². The second-order valence-electron chi connectivity index (χ2n) is 3.66. The summed E-state index contributed by atoms with van der Waals surface area (Å²) >= 11 is 0. The van der Waals surface area contributed by atoms with Crippen molar-refractivity contribution >= 4 is 21.4 Å². The van der Waals surface area contributed by atoms with Gasteiger partial charge in [-0.1, -0.05) is 0 Å². The minimum Gasteiger partial charge on any atom is -0.323 e. The van der Waals surface area contributed by atoms with E-state index < -0.39 is 21.8 Å². The van der Waals surface area contributed by atoms with Gasteiger partial charge in [-0.3, -0.25) is 4.79 Å². The Bertz CT molecular complexity index is 573. The maximum Gasteiger partial charge on any atom is 0.242 e. The number of aromatic nitrogens is 1. The molecule has 1 aromatic rings. The van der Waals surface area contributed by atoms with Crippen LogP contribution in [0, 0.1) is 12.3 Å². The third-order valence-corrected chi connectivity index (χ3v) is 3.06. The van der Waals surface area contributed by atoms with Crippen molar-refractivity contribution in [3.63, 3.8) is 0 Å². The number of carbonyl (C=O) groups excluding carboxylic acids is 1. The van der Waals surface area contributed by atoms with Crippen LogP contribution in [0.5, 0.6) is 0 Å². The highest BCUT2D eigenvalue weighted by atomic mass is 32.2. The fraction of sp³-hybridized carbons (Fsp3) is 0.273. The number of hydrogen-bond acceptors (Lipinski definition) is 5. The Kier molecular flexibility index (Phi) is 4.42. The average Bonchev–Trinajstić information content (AvgIpc) is 2.28. The number of carbonyl (C=O) groups is 1. The first-order valence-electron chi connectivity index (χ1n) is 5.00. The zero-order valence-electron chi connectivity index (χ0n) is 9.75. The van der Waals surface area contributed by atoms with Gasteiger partial charge in [0.05, 0.1) is 17.9 Å².